The Hall–Kier alpha value is 0.526. The molecule has 1 aromatic carbocycles. The molecule has 4 nitrogen and oxygen atoms in total. The minimum absolute atomic E-state index is 0. The topological polar surface area (TPSA) is 63.6 Å². The maximum absolute atomic E-state index is 11.1. The second-order valence-corrected chi connectivity index (χ2v) is 5.96. The Morgan fingerprint density at radius 2 is 2.06 bits per heavy atom. The third-order valence-corrected chi connectivity index (χ3v) is 5.11. The van der Waals surface area contributed by atoms with Gasteiger partial charge in [-0.05, 0) is 18.6 Å². The van der Waals surface area contributed by atoms with E-state index in [0.717, 1.165) is 21.4 Å². The van der Waals surface area contributed by atoms with Gasteiger partial charge >= 0.3 is 61.5 Å². The van der Waals surface area contributed by atoms with Gasteiger partial charge < -0.3 is 6.16 Å². The smallest absolute Gasteiger partial charge is 1.00 e. The van der Waals surface area contributed by atoms with Gasteiger partial charge in [0.25, 0.3) is 0 Å². The standard InChI is InChI=1S/C10H10O4S2.K.H/c1-6-7-4-3-5-8(14-2)9(7)15-10(6)16(11,12)13;;/h3-5H,1-2H3,(H,11,12,13);;/q;+1;-1. The molecule has 0 aliphatic carbocycles. The predicted octanol–water partition coefficient (Wildman–Crippen LogP) is -0.418. The van der Waals surface area contributed by atoms with E-state index < -0.39 is 10.1 Å². The van der Waals surface area contributed by atoms with Crippen LogP contribution in [-0.4, -0.2) is 20.1 Å². The normalized spacial score (nSPS) is 11.2. The van der Waals surface area contributed by atoms with Gasteiger partial charge in [0, 0.05) is 5.39 Å². The van der Waals surface area contributed by atoms with Crippen molar-refractivity contribution in [1.29, 1.82) is 0 Å². The Labute approximate surface area is 148 Å². The van der Waals surface area contributed by atoms with Crippen molar-refractivity contribution in [2.75, 3.05) is 7.11 Å². The monoisotopic (exact) mass is 298 g/mol. The van der Waals surface area contributed by atoms with E-state index in [2.05, 4.69) is 0 Å². The Morgan fingerprint density at radius 3 is 2.59 bits per heavy atom. The molecule has 2 rings (SSSR count). The fourth-order valence-corrected chi connectivity index (χ4v) is 3.80. The molecule has 2 aromatic rings. The third kappa shape index (κ3) is 2.93. The van der Waals surface area contributed by atoms with Crippen molar-refractivity contribution in [3.05, 3.63) is 23.8 Å². The van der Waals surface area contributed by atoms with Crippen LogP contribution in [0.2, 0.25) is 0 Å². The van der Waals surface area contributed by atoms with E-state index in [9.17, 15) is 8.42 Å². The number of thiophene rings is 1. The minimum Gasteiger partial charge on any atom is -1.00 e. The van der Waals surface area contributed by atoms with Crippen molar-refractivity contribution >= 4 is 31.5 Å². The molecule has 0 spiro atoms. The molecule has 0 radical (unpaired) electrons. The number of hydrogen-bond donors (Lipinski definition) is 1. The molecule has 0 atom stereocenters. The second-order valence-electron chi connectivity index (χ2n) is 3.33. The van der Waals surface area contributed by atoms with Gasteiger partial charge in [0.05, 0.1) is 11.8 Å². The van der Waals surface area contributed by atoms with Crippen molar-refractivity contribution in [3.63, 3.8) is 0 Å². The summed E-state index contributed by atoms with van der Waals surface area (Å²) >= 11 is 1.02. The zero-order valence-corrected chi connectivity index (χ0v) is 14.5. The van der Waals surface area contributed by atoms with Crippen LogP contribution in [0.5, 0.6) is 5.75 Å². The summed E-state index contributed by atoms with van der Waals surface area (Å²) in [6, 6.07) is 5.35. The van der Waals surface area contributed by atoms with Crippen LogP contribution in [0.3, 0.4) is 0 Å². The summed E-state index contributed by atoms with van der Waals surface area (Å²) < 4.78 is 37.2. The van der Waals surface area contributed by atoms with Gasteiger partial charge in [0.1, 0.15) is 5.75 Å². The second kappa shape index (κ2) is 5.66. The molecule has 1 aromatic heterocycles. The summed E-state index contributed by atoms with van der Waals surface area (Å²) in [5, 5.41) is 0.789. The Balaban J connectivity index is 0.00000144. The Morgan fingerprint density at radius 1 is 1.41 bits per heavy atom. The molecule has 0 amide bonds. The van der Waals surface area contributed by atoms with Crippen molar-refractivity contribution in [2.45, 2.75) is 11.1 Å². The molecule has 88 valence electrons. The quantitative estimate of drug-likeness (QED) is 0.604. The molecule has 0 fully saturated rings. The summed E-state index contributed by atoms with van der Waals surface area (Å²) in [6.07, 6.45) is 0. The molecule has 0 unspecified atom stereocenters. The molecule has 1 heterocycles. The summed E-state index contributed by atoms with van der Waals surface area (Å²) in [7, 11) is -2.63. The summed E-state index contributed by atoms with van der Waals surface area (Å²) in [5.74, 6) is 0.612. The van der Waals surface area contributed by atoms with E-state index in [1.807, 2.05) is 0 Å². The van der Waals surface area contributed by atoms with Gasteiger partial charge in [0.2, 0.25) is 0 Å². The molecule has 1 N–H and O–H groups in total. The number of benzene rings is 1. The van der Waals surface area contributed by atoms with E-state index in [4.69, 9.17) is 9.29 Å². The van der Waals surface area contributed by atoms with E-state index in [1.165, 1.54) is 7.11 Å². The minimum atomic E-state index is -4.16. The average molecular weight is 298 g/mol. The van der Waals surface area contributed by atoms with Crippen molar-refractivity contribution in [1.82, 2.24) is 0 Å². The van der Waals surface area contributed by atoms with Crippen LogP contribution < -0.4 is 56.1 Å². The number of hydrogen-bond acceptors (Lipinski definition) is 4. The van der Waals surface area contributed by atoms with Gasteiger partial charge in [-0.3, -0.25) is 4.55 Å². The van der Waals surface area contributed by atoms with Gasteiger partial charge in [-0.15, -0.1) is 11.3 Å². The first kappa shape index (κ1) is 15.6. The Bertz CT molecular complexity index is 651. The number of aryl methyl sites for hydroxylation is 1. The zero-order chi connectivity index (χ0) is 11.9. The van der Waals surface area contributed by atoms with Crippen LogP contribution >= 0.6 is 11.3 Å². The number of fused-ring (bicyclic) bond motifs is 1. The zero-order valence-electron chi connectivity index (χ0n) is 10.7. The molecular formula is C10H11KO4S2. The molecule has 0 saturated carbocycles. The maximum atomic E-state index is 11.1. The van der Waals surface area contributed by atoms with Gasteiger partial charge in [0.15, 0.2) is 4.21 Å². The fourth-order valence-electron chi connectivity index (χ4n) is 1.60. The molecular weight excluding hydrogens is 287 g/mol. The van der Waals surface area contributed by atoms with E-state index in [1.54, 1.807) is 25.1 Å². The molecule has 17 heavy (non-hydrogen) atoms. The van der Waals surface area contributed by atoms with Crippen LogP contribution in [0.25, 0.3) is 10.1 Å². The molecule has 0 bridgehead atoms. The fraction of sp³-hybridized carbons (Fsp3) is 0.200. The first-order valence-corrected chi connectivity index (χ1v) is 6.74. The van der Waals surface area contributed by atoms with Gasteiger partial charge in [-0.25, -0.2) is 0 Å². The summed E-state index contributed by atoms with van der Waals surface area (Å²) in [5.41, 5.74) is 0.557. The van der Waals surface area contributed by atoms with Crippen molar-refractivity contribution in [3.8, 4) is 5.75 Å². The van der Waals surface area contributed by atoms with Crippen LogP contribution in [0.15, 0.2) is 22.4 Å². The summed E-state index contributed by atoms with van der Waals surface area (Å²) in [4.78, 5) is 0. The van der Waals surface area contributed by atoms with Crippen LogP contribution in [-0.2, 0) is 10.1 Å². The molecule has 0 aliphatic heterocycles. The largest absolute Gasteiger partial charge is 1.00 e. The first-order valence-electron chi connectivity index (χ1n) is 4.48. The van der Waals surface area contributed by atoms with Crippen LogP contribution in [0, 0.1) is 6.92 Å². The van der Waals surface area contributed by atoms with Crippen molar-refractivity contribution in [2.24, 2.45) is 0 Å². The summed E-state index contributed by atoms with van der Waals surface area (Å²) in [6.45, 7) is 1.67. The van der Waals surface area contributed by atoms with Crippen LogP contribution in [0.4, 0.5) is 0 Å². The van der Waals surface area contributed by atoms with Gasteiger partial charge in [-0.1, -0.05) is 12.1 Å². The first-order chi connectivity index (χ1) is 7.45. The average Bonchev–Trinajstić information content (AvgIpc) is 2.56. The van der Waals surface area contributed by atoms with E-state index >= 15 is 0 Å². The number of methoxy groups -OCH3 is 1. The van der Waals surface area contributed by atoms with Crippen LogP contribution in [0.1, 0.15) is 6.99 Å². The van der Waals surface area contributed by atoms with E-state index in [0.29, 0.717) is 11.3 Å². The number of rotatable bonds is 2. The molecule has 0 saturated heterocycles. The third-order valence-electron chi connectivity index (χ3n) is 2.34. The molecule has 0 aliphatic rings. The van der Waals surface area contributed by atoms with Gasteiger partial charge in [-0.2, -0.15) is 8.42 Å². The molecule has 7 heteroatoms. The van der Waals surface area contributed by atoms with Crippen molar-refractivity contribution < 1.29 is 70.5 Å². The maximum Gasteiger partial charge on any atom is 1.00 e. The SMILES string of the molecule is COc1cccc2c(C)c(S(=O)(=O)O)sc12.[H-].[K+]. The predicted molar refractivity (Wildman–Crippen MR) is 64.0 cm³/mol. The van der Waals surface area contributed by atoms with E-state index in [-0.39, 0.29) is 57.0 Å². The Kier molecular flexibility index (Phi) is 5.19. The number of ether oxygens (including phenoxy) is 1.